The first kappa shape index (κ1) is 13.1. The summed E-state index contributed by atoms with van der Waals surface area (Å²) in [6, 6.07) is 7.69. The van der Waals surface area contributed by atoms with Crippen molar-refractivity contribution in [3.63, 3.8) is 0 Å². The van der Waals surface area contributed by atoms with Crippen LogP contribution in [0.25, 0.3) is 0 Å². The van der Waals surface area contributed by atoms with Gasteiger partial charge in [-0.1, -0.05) is 19.1 Å². The van der Waals surface area contributed by atoms with Gasteiger partial charge in [-0.3, -0.25) is 4.79 Å². The van der Waals surface area contributed by atoms with E-state index in [-0.39, 0.29) is 17.8 Å². The summed E-state index contributed by atoms with van der Waals surface area (Å²) < 4.78 is 0. The molecule has 1 atom stereocenters. The van der Waals surface area contributed by atoms with Gasteiger partial charge in [-0.05, 0) is 24.6 Å². The molecule has 0 aliphatic carbocycles. The van der Waals surface area contributed by atoms with Gasteiger partial charge in [-0.25, -0.2) is 0 Å². The van der Waals surface area contributed by atoms with Gasteiger partial charge in [0.05, 0.1) is 12.4 Å². The lowest BCUT2D eigenvalue weighted by molar-refractivity contribution is -0.113. The van der Waals surface area contributed by atoms with E-state index < -0.39 is 0 Å². The summed E-state index contributed by atoms with van der Waals surface area (Å²) in [5, 5.41) is 11.7. The van der Waals surface area contributed by atoms with Crippen LogP contribution in [0.5, 0.6) is 0 Å². The number of carbonyl (C=O) groups excluding carboxylic acids is 1. The predicted octanol–water partition coefficient (Wildman–Crippen LogP) is 2.05. The van der Waals surface area contributed by atoms with Crippen molar-refractivity contribution in [2.75, 3.05) is 17.7 Å². The number of thioether (sulfide) groups is 1. The first-order valence-electron chi connectivity index (χ1n) is 5.21. The maximum Gasteiger partial charge on any atom is 0.234 e. The first-order valence-corrected chi connectivity index (χ1v) is 6.25. The van der Waals surface area contributed by atoms with Crippen LogP contribution in [-0.4, -0.2) is 28.6 Å². The van der Waals surface area contributed by atoms with E-state index in [4.69, 9.17) is 5.11 Å². The molecule has 0 bridgehead atoms. The zero-order valence-corrected chi connectivity index (χ0v) is 10.4. The Kier molecular flexibility index (Phi) is 5.35. The van der Waals surface area contributed by atoms with Crippen molar-refractivity contribution in [1.82, 2.24) is 0 Å². The summed E-state index contributed by atoms with van der Waals surface area (Å²) in [4.78, 5) is 11.5. The van der Waals surface area contributed by atoms with Crippen LogP contribution in [0.3, 0.4) is 0 Å². The Morgan fingerprint density at radius 2 is 2.31 bits per heavy atom. The molecule has 4 heteroatoms. The van der Waals surface area contributed by atoms with Gasteiger partial charge >= 0.3 is 0 Å². The average molecular weight is 239 g/mol. The van der Waals surface area contributed by atoms with Crippen molar-refractivity contribution in [1.29, 1.82) is 0 Å². The summed E-state index contributed by atoms with van der Waals surface area (Å²) in [6.07, 6.45) is 0. The summed E-state index contributed by atoms with van der Waals surface area (Å²) in [6.45, 7) is 3.98. The number of benzene rings is 1. The van der Waals surface area contributed by atoms with Gasteiger partial charge in [-0.15, -0.1) is 11.8 Å². The van der Waals surface area contributed by atoms with E-state index in [0.717, 1.165) is 11.3 Å². The number of carbonyl (C=O) groups is 1. The normalized spacial score (nSPS) is 12.2. The van der Waals surface area contributed by atoms with Crippen molar-refractivity contribution >= 4 is 23.4 Å². The highest BCUT2D eigenvalue weighted by molar-refractivity contribution is 8.00. The fraction of sp³-hybridized carbons (Fsp3) is 0.417. The van der Waals surface area contributed by atoms with E-state index in [1.54, 1.807) is 0 Å². The molecule has 88 valence electrons. The van der Waals surface area contributed by atoms with E-state index >= 15 is 0 Å². The highest BCUT2D eigenvalue weighted by atomic mass is 32.2. The van der Waals surface area contributed by atoms with E-state index in [9.17, 15) is 4.79 Å². The third kappa shape index (κ3) is 4.68. The molecule has 0 aliphatic heterocycles. The van der Waals surface area contributed by atoms with Crippen LogP contribution in [0.1, 0.15) is 12.5 Å². The predicted molar refractivity (Wildman–Crippen MR) is 68.8 cm³/mol. The van der Waals surface area contributed by atoms with E-state index in [2.05, 4.69) is 5.32 Å². The second kappa shape index (κ2) is 6.55. The molecule has 0 saturated carbocycles. The van der Waals surface area contributed by atoms with Gasteiger partial charge in [-0.2, -0.15) is 0 Å². The monoisotopic (exact) mass is 239 g/mol. The number of amides is 1. The summed E-state index contributed by atoms with van der Waals surface area (Å²) >= 11 is 1.45. The molecule has 0 radical (unpaired) electrons. The standard InChI is InChI=1S/C12H17NO2S/c1-9-4-3-5-11(6-9)13-12(15)8-16-10(2)7-14/h3-6,10,14H,7-8H2,1-2H3,(H,13,15). The summed E-state index contributed by atoms with van der Waals surface area (Å²) in [5.41, 5.74) is 1.94. The quantitative estimate of drug-likeness (QED) is 0.826. The second-order valence-electron chi connectivity index (χ2n) is 3.72. The smallest absolute Gasteiger partial charge is 0.234 e. The zero-order chi connectivity index (χ0) is 12.0. The molecule has 1 aromatic carbocycles. The zero-order valence-electron chi connectivity index (χ0n) is 9.56. The molecule has 0 aromatic heterocycles. The van der Waals surface area contributed by atoms with Gasteiger partial charge in [0.25, 0.3) is 0 Å². The SMILES string of the molecule is Cc1cccc(NC(=O)CSC(C)CO)c1. The fourth-order valence-electron chi connectivity index (χ4n) is 1.19. The van der Waals surface area contributed by atoms with Crippen LogP contribution in [0.4, 0.5) is 5.69 Å². The molecule has 1 unspecified atom stereocenters. The third-order valence-corrected chi connectivity index (χ3v) is 3.20. The number of hydrogen-bond acceptors (Lipinski definition) is 3. The Bertz CT molecular complexity index is 355. The van der Waals surface area contributed by atoms with Gasteiger partial charge in [0, 0.05) is 10.9 Å². The van der Waals surface area contributed by atoms with Crippen LogP contribution in [0.2, 0.25) is 0 Å². The van der Waals surface area contributed by atoms with Gasteiger partial charge in [0.2, 0.25) is 5.91 Å². The average Bonchev–Trinajstić information content (AvgIpc) is 2.26. The summed E-state index contributed by atoms with van der Waals surface area (Å²) in [7, 11) is 0. The molecular formula is C12H17NO2S. The largest absolute Gasteiger partial charge is 0.395 e. The van der Waals surface area contributed by atoms with Crippen molar-refractivity contribution in [2.24, 2.45) is 0 Å². The fourth-order valence-corrected chi connectivity index (χ4v) is 1.80. The Morgan fingerprint density at radius 3 is 2.94 bits per heavy atom. The van der Waals surface area contributed by atoms with Crippen LogP contribution >= 0.6 is 11.8 Å². The molecule has 2 N–H and O–H groups in total. The maximum absolute atomic E-state index is 11.5. The molecule has 0 aliphatic rings. The van der Waals surface area contributed by atoms with Crippen LogP contribution in [-0.2, 0) is 4.79 Å². The van der Waals surface area contributed by atoms with Crippen LogP contribution in [0, 0.1) is 6.92 Å². The van der Waals surface area contributed by atoms with Crippen molar-refractivity contribution in [3.8, 4) is 0 Å². The van der Waals surface area contributed by atoms with E-state index in [1.165, 1.54) is 11.8 Å². The molecule has 0 spiro atoms. The van der Waals surface area contributed by atoms with E-state index in [1.807, 2.05) is 38.1 Å². The molecule has 0 heterocycles. The molecule has 0 fully saturated rings. The van der Waals surface area contributed by atoms with Crippen molar-refractivity contribution in [2.45, 2.75) is 19.1 Å². The molecule has 1 rings (SSSR count). The molecule has 1 amide bonds. The van der Waals surface area contributed by atoms with Gasteiger partial charge in [0.15, 0.2) is 0 Å². The molecule has 1 aromatic rings. The van der Waals surface area contributed by atoms with Gasteiger partial charge < -0.3 is 10.4 Å². The summed E-state index contributed by atoms with van der Waals surface area (Å²) in [5.74, 6) is 0.339. The Morgan fingerprint density at radius 1 is 1.56 bits per heavy atom. The van der Waals surface area contributed by atoms with Crippen LogP contribution in [0.15, 0.2) is 24.3 Å². The Labute approximate surface area is 100 Å². The Balaban J connectivity index is 2.40. The minimum atomic E-state index is -0.0316. The molecule has 16 heavy (non-hydrogen) atoms. The van der Waals surface area contributed by atoms with Gasteiger partial charge in [0.1, 0.15) is 0 Å². The number of anilines is 1. The first-order chi connectivity index (χ1) is 7.61. The number of hydrogen-bond donors (Lipinski definition) is 2. The maximum atomic E-state index is 11.5. The number of aliphatic hydroxyl groups excluding tert-OH is 1. The number of aryl methyl sites for hydroxylation is 1. The van der Waals surface area contributed by atoms with E-state index in [0.29, 0.717) is 5.75 Å². The lowest BCUT2D eigenvalue weighted by Crippen LogP contribution is -2.16. The topological polar surface area (TPSA) is 49.3 Å². The minimum absolute atomic E-state index is 0.0316. The third-order valence-electron chi connectivity index (χ3n) is 2.06. The minimum Gasteiger partial charge on any atom is -0.395 e. The highest BCUT2D eigenvalue weighted by Crippen LogP contribution is 2.12. The number of nitrogens with one attached hydrogen (secondary N) is 1. The van der Waals surface area contributed by atoms with Crippen molar-refractivity contribution in [3.05, 3.63) is 29.8 Å². The molecular weight excluding hydrogens is 222 g/mol. The number of aliphatic hydroxyl groups is 1. The number of rotatable bonds is 5. The lowest BCUT2D eigenvalue weighted by Gasteiger charge is -2.08. The lowest BCUT2D eigenvalue weighted by atomic mass is 10.2. The molecule has 0 saturated heterocycles. The Hall–Kier alpha value is -1.00. The van der Waals surface area contributed by atoms with Crippen LogP contribution < -0.4 is 5.32 Å². The second-order valence-corrected chi connectivity index (χ2v) is 5.15. The highest BCUT2D eigenvalue weighted by Gasteiger charge is 2.06. The molecule has 3 nitrogen and oxygen atoms in total. The van der Waals surface area contributed by atoms with Crippen molar-refractivity contribution < 1.29 is 9.90 Å².